The van der Waals surface area contributed by atoms with Crippen LogP contribution in [0, 0.1) is 11.6 Å². The van der Waals surface area contributed by atoms with Gasteiger partial charge in [-0.25, -0.2) is 22.2 Å². The highest BCUT2D eigenvalue weighted by Crippen LogP contribution is 2.40. The van der Waals surface area contributed by atoms with Crippen LogP contribution >= 0.6 is 23.2 Å². The number of rotatable bonds is 8. The Bertz CT molecular complexity index is 1210. The highest BCUT2D eigenvalue weighted by molar-refractivity contribution is 7.92. The van der Waals surface area contributed by atoms with Crippen molar-refractivity contribution in [3.63, 3.8) is 0 Å². The van der Waals surface area contributed by atoms with Crippen LogP contribution in [0.3, 0.4) is 0 Å². The molecule has 0 spiro atoms. The molecular formula is C22H21Cl2F2N3O2S. The smallest absolute Gasteiger partial charge is 0.189 e. The second kappa shape index (κ2) is 10.1. The molecule has 1 atom stereocenters. The largest absolute Gasteiger partial charge is 0.358 e. The number of anilines is 1. The first-order valence-corrected chi connectivity index (χ1v) is 11.9. The topological polar surface area (TPSA) is 62.3 Å². The maximum atomic E-state index is 14.8. The van der Waals surface area contributed by atoms with Gasteiger partial charge in [-0.05, 0) is 61.1 Å². The van der Waals surface area contributed by atoms with Crippen molar-refractivity contribution in [1.82, 2.24) is 10.3 Å². The van der Waals surface area contributed by atoms with Crippen molar-refractivity contribution < 1.29 is 17.2 Å². The van der Waals surface area contributed by atoms with E-state index in [1.54, 1.807) is 19.0 Å². The Hall–Kier alpha value is -2.26. The van der Waals surface area contributed by atoms with Gasteiger partial charge in [0.2, 0.25) is 0 Å². The SMILES string of the molecule is CNCCN(C)c1cc(C(c2cc(F)ccc2F)S(=O)(=O)c2ccc(Cl)cc2)c(Cl)cn1. The van der Waals surface area contributed by atoms with E-state index in [4.69, 9.17) is 23.2 Å². The molecule has 0 saturated carbocycles. The van der Waals surface area contributed by atoms with Crippen LogP contribution in [0.4, 0.5) is 14.6 Å². The molecule has 0 aliphatic heterocycles. The molecule has 10 heteroatoms. The van der Waals surface area contributed by atoms with Crippen LogP contribution in [0.15, 0.2) is 59.6 Å². The molecule has 0 aliphatic rings. The van der Waals surface area contributed by atoms with Crippen molar-refractivity contribution in [1.29, 1.82) is 0 Å². The zero-order chi connectivity index (χ0) is 23.5. The lowest BCUT2D eigenvalue weighted by Gasteiger charge is -2.23. The third kappa shape index (κ3) is 5.20. The van der Waals surface area contributed by atoms with E-state index < -0.39 is 26.7 Å². The van der Waals surface area contributed by atoms with Gasteiger partial charge in [0.1, 0.15) is 22.7 Å². The lowest BCUT2D eigenvalue weighted by molar-refractivity contribution is 0.569. The van der Waals surface area contributed by atoms with Crippen LogP contribution in [0.2, 0.25) is 10.0 Å². The summed E-state index contributed by atoms with van der Waals surface area (Å²) in [4.78, 5) is 5.95. The van der Waals surface area contributed by atoms with Crippen LogP contribution in [-0.4, -0.2) is 40.6 Å². The van der Waals surface area contributed by atoms with E-state index in [1.807, 2.05) is 0 Å². The Kier molecular flexibility index (Phi) is 7.71. The molecule has 0 saturated heterocycles. The van der Waals surface area contributed by atoms with Crippen LogP contribution < -0.4 is 10.2 Å². The maximum absolute atomic E-state index is 14.8. The molecule has 0 radical (unpaired) electrons. The highest BCUT2D eigenvalue weighted by atomic mass is 35.5. The third-order valence-electron chi connectivity index (χ3n) is 4.93. The normalized spacial score (nSPS) is 12.6. The minimum absolute atomic E-state index is 0.0157. The van der Waals surface area contributed by atoms with E-state index in [9.17, 15) is 17.2 Å². The minimum Gasteiger partial charge on any atom is -0.358 e. The van der Waals surface area contributed by atoms with Crippen molar-refractivity contribution in [3.05, 3.63) is 87.5 Å². The molecule has 0 aliphatic carbocycles. The van der Waals surface area contributed by atoms with Crippen LogP contribution in [-0.2, 0) is 9.84 Å². The molecule has 5 nitrogen and oxygen atoms in total. The van der Waals surface area contributed by atoms with E-state index in [1.165, 1.54) is 36.5 Å². The van der Waals surface area contributed by atoms with Crippen LogP contribution in [0.5, 0.6) is 0 Å². The molecule has 1 unspecified atom stereocenters. The summed E-state index contributed by atoms with van der Waals surface area (Å²) in [6.07, 6.45) is 1.31. The summed E-state index contributed by atoms with van der Waals surface area (Å²) < 4.78 is 56.3. The van der Waals surface area contributed by atoms with Gasteiger partial charge in [-0.2, -0.15) is 0 Å². The van der Waals surface area contributed by atoms with Crippen molar-refractivity contribution in [3.8, 4) is 0 Å². The first kappa shape index (κ1) is 24.4. The number of benzene rings is 2. The van der Waals surface area contributed by atoms with E-state index >= 15 is 0 Å². The molecule has 0 bridgehead atoms. The van der Waals surface area contributed by atoms with E-state index in [0.29, 0.717) is 23.9 Å². The Morgan fingerprint density at radius 1 is 1.06 bits per heavy atom. The zero-order valence-electron chi connectivity index (χ0n) is 17.3. The van der Waals surface area contributed by atoms with Gasteiger partial charge in [-0.1, -0.05) is 23.2 Å². The van der Waals surface area contributed by atoms with Crippen molar-refractivity contribution >= 4 is 38.9 Å². The Labute approximate surface area is 195 Å². The predicted molar refractivity (Wildman–Crippen MR) is 123 cm³/mol. The molecule has 2 aromatic carbocycles. The van der Waals surface area contributed by atoms with Gasteiger partial charge >= 0.3 is 0 Å². The van der Waals surface area contributed by atoms with Gasteiger partial charge in [0, 0.05) is 36.9 Å². The van der Waals surface area contributed by atoms with Crippen LogP contribution in [0.1, 0.15) is 16.4 Å². The second-order valence-electron chi connectivity index (χ2n) is 7.13. The number of sulfone groups is 1. The van der Waals surface area contributed by atoms with E-state index in [-0.39, 0.29) is 21.0 Å². The number of aromatic nitrogens is 1. The fourth-order valence-electron chi connectivity index (χ4n) is 3.22. The van der Waals surface area contributed by atoms with Crippen LogP contribution in [0.25, 0.3) is 0 Å². The van der Waals surface area contributed by atoms with Gasteiger partial charge in [-0.3, -0.25) is 0 Å². The lowest BCUT2D eigenvalue weighted by Crippen LogP contribution is -2.28. The zero-order valence-corrected chi connectivity index (χ0v) is 19.6. The number of pyridine rings is 1. The van der Waals surface area contributed by atoms with Gasteiger partial charge in [0.25, 0.3) is 0 Å². The summed E-state index contributed by atoms with van der Waals surface area (Å²) >= 11 is 12.3. The molecule has 3 rings (SSSR count). The number of halogens is 4. The Balaban J connectivity index is 2.24. The van der Waals surface area contributed by atoms with Gasteiger partial charge < -0.3 is 10.2 Å². The first-order chi connectivity index (χ1) is 15.1. The molecule has 1 N–H and O–H groups in total. The molecule has 1 aromatic heterocycles. The summed E-state index contributed by atoms with van der Waals surface area (Å²) in [6.45, 7) is 1.23. The summed E-state index contributed by atoms with van der Waals surface area (Å²) in [5.41, 5.74) is -0.260. The number of nitrogens with one attached hydrogen (secondary N) is 1. The molecule has 1 heterocycles. The van der Waals surface area contributed by atoms with Crippen molar-refractivity contribution in [2.75, 3.05) is 32.1 Å². The second-order valence-corrected chi connectivity index (χ2v) is 10.0. The van der Waals surface area contributed by atoms with Gasteiger partial charge in [-0.15, -0.1) is 0 Å². The molecule has 3 aromatic rings. The molecule has 0 amide bonds. The van der Waals surface area contributed by atoms with E-state index in [2.05, 4.69) is 10.3 Å². The summed E-state index contributed by atoms with van der Waals surface area (Å²) in [7, 11) is -0.671. The molecule has 32 heavy (non-hydrogen) atoms. The van der Waals surface area contributed by atoms with Gasteiger partial charge in [0.05, 0.1) is 9.92 Å². The fourth-order valence-corrected chi connectivity index (χ4v) is 5.46. The van der Waals surface area contributed by atoms with E-state index in [0.717, 1.165) is 18.2 Å². The summed E-state index contributed by atoms with van der Waals surface area (Å²) in [6, 6.07) is 9.64. The number of hydrogen-bond donors (Lipinski definition) is 1. The monoisotopic (exact) mass is 499 g/mol. The number of likely N-dealkylation sites (N-methyl/N-ethyl adjacent to an activating group) is 2. The predicted octanol–water partition coefficient (Wildman–Crippen LogP) is 4.89. The van der Waals surface area contributed by atoms with Crippen molar-refractivity contribution in [2.24, 2.45) is 0 Å². The quantitative estimate of drug-likeness (QED) is 0.478. The molecule has 0 fully saturated rings. The number of nitrogens with zero attached hydrogens (tertiary/aromatic N) is 2. The standard InChI is InChI=1S/C22H21Cl2F2N3O2S/c1-27-9-10-29(2)21-12-17(19(24)13-28-21)22(18-11-15(25)5-8-20(18)26)32(30,31)16-6-3-14(23)4-7-16/h3-8,11-13,22,27H,9-10H2,1-2H3. The summed E-state index contributed by atoms with van der Waals surface area (Å²) in [5.74, 6) is -1.20. The minimum atomic E-state index is -4.25. The Morgan fingerprint density at radius 2 is 1.75 bits per heavy atom. The third-order valence-corrected chi connectivity index (χ3v) is 7.56. The Morgan fingerprint density at radius 3 is 2.41 bits per heavy atom. The van der Waals surface area contributed by atoms with Crippen molar-refractivity contribution in [2.45, 2.75) is 10.1 Å². The molecular weight excluding hydrogens is 479 g/mol. The number of hydrogen-bond acceptors (Lipinski definition) is 5. The molecule has 170 valence electrons. The maximum Gasteiger partial charge on any atom is 0.189 e. The highest BCUT2D eigenvalue weighted by Gasteiger charge is 2.35. The fraction of sp³-hybridized carbons (Fsp3) is 0.227. The average Bonchev–Trinajstić information content (AvgIpc) is 2.76. The lowest BCUT2D eigenvalue weighted by atomic mass is 10.0. The summed E-state index contributed by atoms with van der Waals surface area (Å²) in [5, 5.41) is 1.76. The average molecular weight is 500 g/mol. The van der Waals surface area contributed by atoms with Gasteiger partial charge in [0.15, 0.2) is 9.84 Å². The first-order valence-electron chi connectivity index (χ1n) is 9.60.